The topological polar surface area (TPSA) is 45.2 Å². The van der Waals surface area contributed by atoms with Crippen molar-refractivity contribution in [3.63, 3.8) is 0 Å². The molecule has 1 aromatic rings. The van der Waals surface area contributed by atoms with Crippen molar-refractivity contribution in [2.75, 3.05) is 20.1 Å². The zero-order chi connectivity index (χ0) is 12.1. The van der Waals surface area contributed by atoms with Gasteiger partial charge in [0.1, 0.15) is 0 Å². The maximum absolute atomic E-state index is 11.9. The lowest BCUT2D eigenvalue weighted by molar-refractivity contribution is -0.130. The Bertz CT molecular complexity index is 347. The zero-order valence-corrected chi connectivity index (χ0v) is 11.0. The van der Waals surface area contributed by atoms with Crippen molar-refractivity contribution in [2.24, 2.45) is 5.92 Å². The SMILES string of the molecule is CN(Cc1cscn1)C(=O)CCC1CCNC1. The summed E-state index contributed by atoms with van der Waals surface area (Å²) in [7, 11) is 1.86. The quantitative estimate of drug-likeness (QED) is 0.865. The highest BCUT2D eigenvalue weighted by Gasteiger charge is 2.17. The molecule has 1 unspecified atom stereocenters. The fraction of sp³-hybridized carbons (Fsp3) is 0.667. The summed E-state index contributed by atoms with van der Waals surface area (Å²) in [4.78, 5) is 17.9. The van der Waals surface area contributed by atoms with E-state index in [0.29, 0.717) is 18.9 Å². The van der Waals surface area contributed by atoms with Crippen LogP contribution < -0.4 is 5.32 Å². The summed E-state index contributed by atoms with van der Waals surface area (Å²) in [6.45, 7) is 2.81. The number of amides is 1. The number of rotatable bonds is 5. The highest BCUT2D eigenvalue weighted by Crippen LogP contribution is 2.15. The molecule has 1 aliphatic rings. The second kappa shape index (κ2) is 6.12. The van der Waals surface area contributed by atoms with E-state index < -0.39 is 0 Å². The van der Waals surface area contributed by atoms with Crippen LogP contribution in [0, 0.1) is 5.92 Å². The van der Waals surface area contributed by atoms with Gasteiger partial charge in [-0.05, 0) is 31.8 Å². The van der Waals surface area contributed by atoms with Crippen molar-refractivity contribution in [3.05, 3.63) is 16.6 Å². The molecule has 1 fully saturated rings. The van der Waals surface area contributed by atoms with Gasteiger partial charge >= 0.3 is 0 Å². The number of carbonyl (C=O) groups is 1. The van der Waals surface area contributed by atoms with Gasteiger partial charge in [0, 0.05) is 18.8 Å². The van der Waals surface area contributed by atoms with Gasteiger partial charge in [0.2, 0.25) is 5.91 Å². The number of hydrogen-bond acceptors (Lipinski definition) is 4. The van der Waals surface area contributed by atoms with Crippen molar-refractivity contribution in [3.8, 4) is 0 Å². The molecule has 2 rings (SSSR count). The number of hydrogen-bond donors (Lipinski definition) is 1. The van der Waals surface area contributed by atoms with Crippen molar-refractivity contribution < 1.29 is 4.79 Å². The lowest BCUT2D eigenvalue weighted by Gasteiger charge is -2.17. The third-order valence-corrected chi connectivity index (χ3v) is 3.87. The van der Waals surface area contributed by atoms with E-state index in [-0.39, 0.29) is 5.91 Å². The van der Waals surface area contributed by atoms with Crippen molar-refractivity contribution >= 4 is 17.2 Å². The molecule has 1 saturated heterocycles. The first kappa shape index (κ1) is 12.5. The molecule has 0 spiro atoms. The summed E-state index contributed by atoms with van der Waals surface area (Å²) < 4.78 is 0. The van der Waals surface area contributed by atoms with Gasteiger partial charge in [-0.2, -0.15) is 0 Å². The van der Waals surface area contributed by atoms with E-state index in [1.807, 2.05) is 12.4 Å². The third-order valence-electron chi connectivity index (χ3n) is 3.24. The van der Waals surface area contributed by atoms with Crippen molar-refractivity contribution in [2.45, 2.75) is 25.8 Å². The summed E-state index contributed by atoms with van der Waals surface area (Å²) in [5, 5.41) is 5.32. The second-order valence-electron chi connectivity index (χ2n) is 4.63. The maximum atomic E-state index is 11.9. The molecule has 0 saturated carbocycles. The second-order valence-corrected chi connectivity index (χ2v) is 5.35. The Kier molecular flexibility index (Phi) is 4.50. The van der Waals surface area contributed by atoms with Crippen molar-refractivity contribution in [1.82, 2.24) is 15.2 Å². The summed E-state index contributed by atoms with van der Waals surface area (Å²) in [5.74, 6) is 0.913. The molecule has 0 bridgehead atoms. The normalized spacial score (nSPS) is 19.5. The smallest absolute Gasteiger partial charge is 0.222 e. The van der Waals surface area contributed by atoms with Crippen LogP contribution in [0.25, 0.3) is 0 Å². The van der Waals surface area contributed by atoms with Gasteiger partial charge in [0.15, 0.2) is 0 Å². The predicted octanol–water partition coefficient (Wildman–Crippen LogP) is 1.49. The van der Waals surface area contributed by atoms with E-state index in [0.717, 1.165) is 25.2 Å². The summed E-state index contributed by atoms with van der Waals surface area (Å²) in [6.07, 6.45) is 2.88. The Morgan fingerprint density at radius 3 is 3.24 bits per heavy atom. The Morgan fingerprint density at radius 2 is 2.59 bits per heavy atom. The molecule has 1 amide bonds. The van der Waals surface area contributed by atoms with E-state index in [1.165, 1.54) is 6.42 Å². The van der Waals surface area contributed by atoms with Crippen LogP contribution in [0.3, 0.4) is 0 Å². The average Bonchev–Trinajstić information content (AvgIpc) is 2.98. The van der Waals surface area contributed by atoms with E-state index >= 15 is 0 Å². The molecule has 94 valence electrons. The highest BCUT2D eigenvalue weighted by molar-refractivity contribution is 7.07. The Hall–Kier alpha value is -0.940. The molecular weight excluding hydrogens is 234 g/mol. The van der Waals surface area contributed by atoms with Crippen LogP contribution in [0.1, 0.15) is 25.0 Å². The molecule has 5 heteroatoms. The van der Waals surface area contributed by atoms with Crippen LogP contribution in [-0.2, 0) is 11.3 Å². The fourth-order valence-electron chi connectivity index (χ4n) is 2.13. The Morgan fingerprint density at radius 1 is 1.71 bits per heavy atom. The first-order valence-electron chi connectivity index (χ1n) is 6.07. The monoisotopic (exact) mass is 253 g/mol. The molecule has 0 radical (unpaired) electrons. The number of nitrogens with zero attached hydrogens (tertiary/aromatic N) is 2. The minimum atomic E-state index is 0.227. The predicted molar refractivity (Wildman–Crippen MR) is 68.8 cm³/mol. The van der Waals surface area contributed by atoms with E-state index in [1.54, 1.807) is 21.7 Å². The number of nitrogens with one attached hydrogen (secondary N) is 1. The molecular formula is C12H19N3OS. The van der Waals surface area contributed by atoms with Gasteiger partial charge in [0.05, 0.1) is 17.7 Å². The van der Waals surface area contributed by atoms with Gasteiger partial charge in [-0.1, -0.05) is 0 Å². The van der Waals surface area contributed by atoms with Crippen LogP contribution in [0.15, 0.2) is 10.9 Å². The first-order chi connectivity index (χ1) is 8.25. The molecule has 1 aliphatic heterocycles. The van der Waals surface area contributed by atoms with Crippen LogP contribution >= 0.6 is 11.3 Å². The van der Waals surface area contributed by atoms with Crippen LogP contribution in [-0.4, -0.2) is 35.9 Å². The molecule has 1 atom stereocenters. The first-order valence-corrected chi connectivity index (χ1v) is 7.01. The number of carbonyl (C=O) groups excluding carboxylic acids is 1. The standard InChI is InChI=1S/C12H19N3OS/c1-15(7-11-8-17-9-14-11)12(16)3-2-10-4-5-13-6-10/h8-10,13H,2-7H2,1H3. The fourth-order valence-corrected chi connectivity index (χ4v) is 2.68. The van der Waals surface area contributed by atoms with E-state index in [4.69, 9.17) is 0 Å². The van der Waals surface area contributed by atoms with E-state index in [2.05, 4.69) is 10.3 Å². The molecule has 0 aromatic carbocycles. The van der Waals surface area contributed by atoms with Gasteiger partial charge in [0.25, 0.3) is 0 Å². The van der Waals surface area contributed by atoms with Gasteiger partial charge < -0.3 is 10.2 Å². The largest absolute Gasteiger partial charge is 0.340 e. The van der Waals surface area contributed by atoms with Crippen molar-refractivity contribution in [1.29, 1.82) is 0 Å². The minimum absolute atomic E-state index is 0.227. The third kappa shape index (κ3) is 3.78. The zero-order valence-electron chi connectivity index (χ0n) is 10.2. The molecule has 17 heavy (non-hydrogen) atoms. The van der Waals surface area contributed by atoms with Crippen LogP contribution in [0.5, 0.6) is 0 Å². The van der Waals surface area contributed by atoms with E-state index in [9.17, 15) is 4.79 Å². The minimum Gasteiger partial charge on any atom is -0.340 e. The average molecular weight is 253 g/mol. The molecule has 2 heterocycles. The Balaban J connectivity index is 1.71. The lowest BCUT2D eigenvalue weighted by atomic mass is 10.0. The number of aromatic nitrogens is 1. The molecule has 1 aromatic heterocycles. The maximum Gasteiger partial charge on any atom is 0.222 e. The van der Waals surface area contributed by atoms with Gasteiger partial charge in [-0.15, -0.1) is 11.3 Å². The summed E-state index contributed by atoms with van der Waals surface area (Å²) >= 11 is 1.57. The van der Waals surface area contributed by atoms with Crippen LogP contribution in [0.4, 0.5) is 0 Å². The van der Waals surface area contributed by atoms with Gasteiger partial charge in [-0.3, -0.25) is 4.79 Å². The molecule has 1 N–H and O–H groups in total. The summed E-state index contributed by atoms with van der Waals surface area (Å²) in [6, 6.07) is 0. The van der Waals surface area contributed by atoms with Gasteiger partial charge in [-0.25, -0.2) is 4.98 Å². The number of thiazole rings is 1. The van der Waals surface area contributed by atoms with Crippen LogP contribution in [0.2, 0.25) is 0 Å². The lowest BCUT2D eigenvalue weighted by Crippen LogP contribution is -2.26. The molecule has 4 nitrogen and oxygen atoms in total. The highest BCUT2D eigenvalue weighted by atomic mass is 32.1. The summed E-state index contributed by atoms with van der Waals surface area (Å²) in [5.41, 5.74) is 2.78. The Labute approximate surface area is 106 Å². The molecule has 0 aliphatic carbocycles.